The predicted molar refractivity (Wildman–Crippen MR) is 143 cm³/mol. The van der Waals surface area contributed by atoms with Gasteiger partial charge in [0.05, 0.1) is 46.5 Å². The maximum Gasteiger partial charge on any atom is 0.256 e. The molecule has 1 aromatic carbocycles. The van der Waals surface area contributed by atoms with Crippen molar-refractivity contribution < 1.29 is 49.2 Å². The Morgan fingerprint density at radius 1 is 1.02 bits per heavy atom. The highest BCUT2D eigenvalue weighted by molar-refractivity contribution is 6.39. The van der Waals surface area contributed by atoms with Crippen LogP contribution in [0.1, 0.15) is 43.1 Å². The van der Waals surface area contributed by atoms with E-state index >= 15 is 0 Å². The summed E-state index contributed by atoms with van der Waals surface area (Å²) in [4.78, 5) is 79.3. The number of aliphatic hydroxyl groups is 3. The number of aromatic hydroxyl groups is 1. The van der Waals surface area contributed by atoms with Crippen LogP contribution >= 0.6 is 0 Å². The molecule has 0 bridgehead atoms. The summed E-state index contributed by atoms with van der Waals surface area (Å²) in [6.07, 6.45) is -0.689. The highest BCUT2D eigenvalue weighted by atomic mass is 16.3. The van der Waals surface area contributed by atoms with Crippen molar-refractivity contribution in [1.29, 1.82) is 0 Å². The van der Waals surface area contributed by atoms with Gasteiger partial charge in [-0.05, 0) is 33.3 Å². The first-order chi connectivity index (χ1) is 18.8. The summed E-state index contributed by atoms with van der Waals surface area (Å²) >= 11 is 0. The van der Waals surface area contributed by atoms with E-state index in [0.717, 1.165) is 0 Å². The molecule has 4 rings (SSSR count). The van der Waals surface area contributed by atoms with Crippen LogP contribution in [0.3, 0.4) is 0 Å². The number of rotatable bonds is 5. The third kappa shape index (κ3) is 4.35. The van der Waals surface area contributed by atoms with Crippen LogP contribution in [-0.2, 0) is 24.0 Å². The second-order valence-electron chi connectivity index (χ2n) is 11.4. The second kappa shape index (κ2) is 9.52. The molecule has 3 aliphatic rings. The van der Waals surface area contributed by atoms with Crippen molar-refractivity contribution in [2.75, 3.05) is 30.9 Å². The minimum absolute atomic E-state index is 0.130. The minimum Gasteiger partial charge on any atom is -0.507 e. The van der Waals surface area contributed by atoms with Crippen molar-refractivity contribution in [3.8, 4) is 5.75 Å². The smallest absolute Gasteiger partial charge is 0.256 e. The van der Waals surface area contributed by atoms with E-state index in [9.17, 15) is 49.2 Å². The van der Waals surface area contributed by atoms with Crippen molar-refractivity contribution in [1.82, 2.24) is 5.32 Å². The van der Waals surface area contributed by atoms with Crippen LogP contribution < -0.4 is 21.3 Å². The number of nitrogens with one attached hydrogen (secondary N) is 2. The number of phenolic OH excluding ortho intramolecular Hbond substituents is 1. The van der Waals surface area contributed by atoms with Crippen LogP contribution in [0.2, 0.25) is 0 Å². The van der Waals surface area contributed by atoms with Gasteiger partial charge in [0.2, 0.25) is 28.9 Å². The third-order valence-electron chi connectivity index (χ3n) is 7.39. The lowest BCUT2D eigenvalue weighted by Crippen LogP contribution is -2.64. The SMILES string of the molecule is CN(C)c1cc(NC(=O)CNC(C)(C)C)c(O)c2c1C(=O)[C@H]1C[C@H]3C(=O)C(O)=C(C(N)=O)C(=O)[C@@]3(O)C(=O)C1=C2O. The Bertz CT molecular complexity index is 1530. The number of primary amides is 1. The lowest BCUT2D eigenvalue weighted by atomic mass is 9.58. The summed E-state index contributed by atoms with van der Waals surface area (Å²) in [5.74, 6) is -14.1. The summed E-state index contributed by atoms with van der Waals surface area (Å²) in [5, 5.41) is 49.4. The molecule has 1 saturated carbocycles. The largest absolute Gasteiger partial charge is 0.507 e. The highest BCUT2D eigenvalue weighted by Gasteiger charge is 2.66. The molecule has 14 heteroatoms. The number of phenols is 1. The number of ketones is 4. The normalized spacial score (nSPS) is 24.1. The number of Topliss-reactive ketones (excluding diaryl/α,β-unsaturated/α-hetero) is 4. The number of anilines is 2. The molecule has 3 aliphatic carbocycles. The Labute approximate surface area is 233 Å². The topological polar surface area (TPSA) is 237 Å². The average molecular weight is 571 g/mol. The molecule has 3 atom stereocenters. The van der Waals surface area contributed by atoms with Crippen molar-refractivity contribution in [3.63, 3.8) is 0 Å². The van der Waals surface area contributed by atoms with Crippen molar-refractivity contribution in [2.45, 2.75) is 38.3 Å². The van der Waals surface area contributed by atoms with Crippen LogP contribution in [0, 0.1) is 11.8 Å². The van der Waals surface area contributed by atoms with Gasteiger partial charge in [0.1, 0.15) is 11.3 Å². The number of fused-ring (bicyclic) bond motifs is 3. The van der Waals surface area contributed by atoms with E-state index in [1.54, 1.807) is 14.1 Å². The number of nitrogens with zero attached hydrogens (tertiary/aromatic N) is 1. The number of benzene rings is 1. The molecule has 14 nitrogen and oxygen atoms in total. The first-order valence-electron chi connectivity index (χ1n) is 12.5. The number of hydrogen-bond acceptors (Lipinski definition) is 12. The van der Waals surface area contributed by atoms with Gasteiger partial charge < -0.3 is 41.7 Å². The van der Waals surface area contributed by atoms with Crippen LogP contribution in [0.4, 0.5) is 11.4 Å². The molecule has 2 amide bonds. The van der Waals surface area contributed by atoms with Gasteiger partial charge in [-0.1, -0.05) is 0 Å². The molecular weight excluding hydrogens is 540 g/mol. The lowest BCUT2D eigenvalue weighted by molar-refractivity contribution is -0.163. The Balaban J connectivity index is 1.91. The molecule has 1 aromatic rings. The fourth-order valence-corrected chi connectivity index (χ4v) is 5.36. The first-order valence-corrected chi connectivity index (χ1v) is 12.5. The zero-order valence-corrected chi connectivity index (χ0v) is 22.9. The van der Waals surface area contributed by atoms with Crippen LogP contribution in [0.5, 0.6) is 5.75 Å². The molecule has 0 radical (unpaired) electrons. The van der Waals surface area contributed by atoms with E-state index < -0.39 is 98.3 Å². The average Bonchev–Trinajstić information content (AvgIpc) is 2.86. The van der Waals surface area contributed by atoms with Gasteiger partial charge in [-0.25, -0.2) is 0 Å². The summed E-state index contributed by atoms with van der Waals surface area (Å²) in [6, 6.07) is 1.29. The van der Waals surface area contributed by atoms with Gasteiger partial charge in [0.15, 0.2) is 17.3 Å². The summed E-state index contributed by atoms with van der Waals surface area (Å²) in [6.45, 7) is 5.35. The van der Waals surface area contributed by atoms with E-state index in [1.807, 2.05) is 20.8 Å². The fourth-order valence-electron chi connectivity index (χ4n) is 5.36. The maximum atomic E-state index is 13.8. The molecule has 0 saturated heterocycles. The number of hydrogen-bond donors (Lipinski definition) is 7. The molecule has 41 heavy (non-hydrogen) atoms. The lowest BCUT2D eigenvalue weighted by Gasteiger charge is -2.44. The number of nitrogens with two attached hydrogens (primary N) is 1. The summed E-state index contributed by atoms with van der Waals surface area (Å²) in [7, 11) is 3.09. The number of amides is 2. The molecule has 0 unspecified atom stereocenters. The van der Waals surface area contributed by atoms with Crippen molar-refractivity contribution in [2.24, 2.45) is 17.6 Å². The van der Waals surface area contributed by atoms with E-state index in [-0.39, 0.29) is 23.5 Å². The fraction of sp³-hybridized carbons (Fsp3) is 0.407. The van der Waals surface area contributed by atoms with Crippen molar-refractivity contribution >= 4 is 52.1 Å². The predicted octanol–water partition coefficient (Wildman–Crippen LogP) is -0.364. The van der Waals surface area contributed by atoms with Crippen molar-refractivity contribution in [3.05, 3.63) is 34.1 Å². The van der Waals surface area contributed by atoms with Crippen LogP contribution in [0.15, 0.2) is 23.0 Å². The minimum atomic E-state index is -3.25. The highest BCUT2D eigenvalue weighted by Crippen LogP contribution is 2.52. The monoisotopic (exact) mass is 570 g/mol. The van der Waals surface area contributed by atoms with Gasteiger partial charge in [0.25, 0.3) is 5.91 Å². The van der Waals surface area contributed by atoms with E-state index in [4.69, 9.17) is 5.73 Å². The third-order valence-corrected chi connectivity index (χ3v) is 7.39. The maximum absolute atomic E-state index is 13.8. The van der Waals surface area contributed by atoms with Crippen LogP contribution in [-0.4, -0.2) is 87.2 Å². The van der Waals surface area contributed by atoms with E-state index in [2.05, 4.69) is 10.6 Å². The summed E-state index contributed by atoms with van der Waals surface area (Å²) in [5.41, 5.74) is -1.47. The molecule has 0 spiro atoms. The van der Waals surface area contributed by atoms with Gasteiger partial charge in [-0.2, -0.15) is 0 Å². The molecule has 0 aromatic heterocycles. The molecule has 1 fully saturated rings. The quantitative estimate of drug-likeness (QED) is 0.136. The molecule has 8 N–H and O–H groups in total. The van der Waals surface area contributed by atoms with E-state index in [0.29, 0.717) is 0 Å². The molecule has 0 heterocycles. The zero-order valence-electron chi connectivity index (χ0n) is 22.9. The summed E-state index contributed by atoms with van der Waals surface area (Å²) < 4.78 is 0. The standard InChI is InChI=1S/C27H30N4O10/c1-26(2,3)29-8-13(32)30-11-7-12(31(4)5)15-16(20(11)35)21(36)14-9(18(15)33)6-10-19(34)22(37)17(25(28)40)24(39)27(10,41)23(14)38/h7,9-10,29,35-37,41H,6,8H2,1-5H3,(H2,28,40)(H,30,32)/t9-,10-,27-/m0/s1. The van der Waals surface area contributed by atoms with E-state index in [1.165, 1.54) is 11.0 Å². The van der Waals surface area contributed by atoms with Gasteiger partial charge in [0, 0.05) is 19.6 Å². The molecule has 218 valence electrons. The molecule has 0 aliphatic heterocycles. The zero-order chi connectivity index (χ0) is 30.9. The number of allylic oxidation sites excluding steroid dienone is 1. The number of carbonyl (C=O) groups excluding carboxylic acids is 6. The number of carbonyl (C=O) groups is 6. The Morgan fingerprint density at radius 2 is 1.63 bits per heavy atom. The Hall–Kier alpha value is -4.56. The van der Waals surface area contributed by atoms with Gasteiger partial charge in [-0.3, -0.25) is 28.8 Å². The Kier molecular flexibility index (Phi) is 6.83. The van der Waals surface area contributed by atoms with Gasteiger partial charge >= 0.3 is 0 Å². The van der Waals surface area contributed by atoms with Crippen LogP contribution in [0.25, 0.3) is 5.76 Å². The second-order valence-corrected chi connectivity index (χ2v) is 11.4. The number of aliphatic hydroxyl groups excluding tert-OH is 2. The van der Waals surface area contributed by atoms with Gasteiger partial charge in [-0.15, -0.1) is 0 Å². The Morgan fingerprint density at radius 3 is 2.17 bits per heavy atom. The first kappa shape index (κ1) is 29.4. The molecular formula is C27H30N4O10.